The molecule has 3 N–H and O–H groups in total. The Labute approximate surface area is 260 Å². The summed E-state index contributed by atoms with van der Waals surface area (Å²) in [5.74, 6) is 0.688. The van der Waals surface area contributed by atoms with Gasteiger partial charge in [0.1, 0.15) is 0 Å². The van der Waals surface area contributed by atoms with Crippen molar-refractivity contribution >= 4 is 11.9 Å². The van der Waals surface area contributed by atoms with E-state index in [-0.39, 0.29) is 44.7 Å². The van der Waals surface area contributed by atoms with Crippen LogP contribution in [0.5, 0.6) is 0 Å². The molecule has 238 valence electrons. The van der Waals surface area contributed by atoms with E-state index in [2.05, 4.69) is 66.8 Å². The number of carboxylic acid groups (broad SMARTS) is 1. The molecule has 4 saturated carbocycles. The van der Waals surface area contributed by atoms with Gasteiger partial charge in [-0.05, 0) is 142 Å². The van der Waals surface area contributed by atoms with Gasteiger partial charge in [-0.25, -0.2) is 4.79 Å². The van der Waals surface area contributed by atoms with E-state index in [1.165, 1.54) is 37.3 Å². The third-order valence-corrected chi connectivity index (χ3v) is 14.1. The zero-order chi connectivity index (χ0) is 31.6. The number of rotatable bonds is 7. The molecule has 0 bridgehead atoms. The van der Waals surface area contributed by atoms with Crippen LogP contribution in [0.25, 0.3) is 0 Å². The second-order valence-corrected chi connectivity index (χ2v) is 16.7. The van der Waals surface area contributed by atoms with E-state index in [0.717, 1.165) is 38.5 Å². The van der Waals surface area contributed by atoms with Crippen molar-refractivity contribution in [1.82, 2.24) is 5.32 Å². The Bertz CT molecular complexity index is 1280. The van der Waals surface area contributed by atoms with Gasteiger partial charge in [-0.3, -0.25) is 4.79 Å². The zero-order valence-electron chi connectivity index (χ0n) is 28.1. The van der Waals surface area contributed by atoms with Crippen molar-refractivity contribution in [2.24, 2.45) is 45.3 Å². The minimum atomic E-state index is -1.07. The number of allylic oxidation sites excluding steroid dienone is 2. The van der Waals surface area contributed by atoms with Crippen LogP contribution in [-0.4, -0.2) is 33.7 Å². The van der Waals surface area contributed by atoms with Crippen molar-refractivity contribution < 1.29 is 19.8 Å². The number of amides is 1. The summed E-state index contributed by atoms with van der Waals surface area (Å²) < 4.78 is 0. The maximum absolute atomic E-state index is 13.4. The molecular weight excluding hydrogens is 534 g/mol. The number of fused-ring (bicyclic) bond motifs is 5. The number of carbonyl (C=O) groups is 2. The summed E-state index contributed by atoms with van der Waals surface area (Å²) in [4.78, 5) is 25.2. The van der Waals surface area contributed by atoms with Gasteiger partial charge >= 0.3 is 5.97 Å². The maximum Gasteiger partial charge on any atom is 0.336 e. The van der Waals surface area contributed by atoms with E-state index in [1.807, 2.05) is 0 Å². The average Bonchev–Trinajstić information content (AvgIpc) is 3.29. The van der Waals surface area contributed by atoms with E-state index in [4.69, 9.17) is 0 Å². The van der Waals surface area contributed by atoms with Gasteiger partial charge in [0.2, 0.25) is 0 Å². The van der Waals surface area contributed by atoms with Crippen LogP contribution in [0.2, 0.25) is 0 Å². The molecule has 1 aromatic carbocycles. The van der Waals surface area contributed by atoms with Crippen LogP contribution in [0, 0.1) is 45.3 Å². The third-order valence-electron chi connectivity index (χ3n) is 14.1. The number of nitrogens with one attached hydrogen (secondary N) is 1. The Morgan fingerprint density at radius 3 is 2.21 bits per heavy atom. The quantitative estimate of drug-likeness (QED) is 0.277. The van der Waals surface area contributed by atoms with Crippen molar-refractivity contribution in [3.05, 3.63) is 47.0 Å². The molecule has 4 aliphatic rings. The van der Waals surface area contributed by atoms with Gasteiger partial charge in [0, 0.05) is 6.04 Å². The molecule has 0 spiro atoms. The molecule has 0 heterocycles. The van der Waals surface area contributed by atoms with Crippen LogP contribution in [0.15, 0.2) is 35.9 Å². The zero-order valence-corrected chi connectivity index (χ0v) is 28.1. The molecule has 0 saturated heterocycles. The molecule has 0 aliphatic heterocycles. The van der Waals surface area contributed by atoms with Gasteiger partial charge in [0.25, 0.3) is 5.91 Å². The van der Waals surface area contributed by atoms with Gasteiger partial charge in [-0.1, -0.05) is 58.4 Å². The first kappa shape index (κ1) is 32.3. The van der Waals surface area contributed by atoms with Crippen molar-refractivity contribution in [2.75, 3.05) is 0 Å². The molecule has 9 atom stereocenters. The van der Waals surface area contributed by atoms with Crippen molar-refractivity contribution in [3.8, 4) is 0 Å². The lowest BCUT2D eigenvalue weighted by atomic mass is 9.35. The Morgan fingerprint density at radius 1 is 0.907 bits per heavy atom. The van der Waals surface area contributed by atoms with Gasteiger partial charge in [-0.2, -0.15) is 0 Å². The van der Waals surface area contributed by atoms with Crippen molar-refractivity contribution in [2.45, 2.75) is 131 Å². The second-order valence-electron chi connectivity index (χ2n) is 16.7. The van der Waals surface area contributed by atoms with Gasteiger partial charge in [0.15, 0.2) is 0 Å². The van der Waals surface area contributed by atoms with Crippen molar-refractivity contribution in [3.63, 3.8) is 0 Å². The molecule has 1 aromatic rings. The largest absolute Gasteiger partial charge is 0.478 e. The first-order valence-corrected chi connectivity index (χ1v) is 17.0. The highest BCUT2D eigenvalue weighted by molar-refractivity contribution is 6.04. The fraction of sp³-hybridized carbons (Fsp3) is 0.737. The summed E-state index contributed by atoms with van der Waals surface area (Å²) in [5, 5.41) is 24.8. The Balaban J connectivity index is 1.36. The summed E-state index contributed by atoms with van der Waals surface area (Å²) in [6.07, 6.45) is 13.2. The van der Waals surface area contributed by atoms with Gasteiger partial charge in [0.05, 0.1) is 16.7 Å². The molecule has 1 unspecified atom stereocenters. The van der Waals surface area contributed by atoms with Crippen LogP contribution in [0.4, 0.5) is 0 Å². The van der Waals surface area contributed by atoms with E-state index in [1.54, 1.807) is 18.2 Å². The molecule has 0 radical (unpaired) electrons. The van der Waals surface area contributed by atoms with Gasteiger partial charge in [-0.15, -0.1) is 0 Å². The van der Waals surface area contributed by atoms with Crippen LogP contribution < -0.4 is 5.32 Å². The lowest BCUT2D eigenvalue weighted by molar-refractivity contribution is -0.211. The molecule has 0 aromatic heterocycles. The minimum Gasteiger partial charge on any atom is -0.478 e. The molecule has 43 heavy (non-hydrogen) atoms. The Kier molecular flexibility index (Phi) is 8.28. The molecule has 5 nitrogen and oxygen atoms in total. The maximum atomic E-state index is 13.4. The van der Waals surface area contributed by atoms with Crippen LogP contribution in [0.3, 0.4) is 0 Å². The summed E-state index contributed by atoms with van der Waals surface area (Å²) >= 11 is 0. The Morgan fingerprint density at radius 2 is 1.56 bits per heavy atom. The highest BCUT2D eigenvalue weighted by atomic mass is 16.4. The van der Waals surface area contributed by atoms with Crippen LogP contribution >= 0.6 is 0 Å². The van der Waals surface area contributed by atoms with Gasteiger partial charge < -0.3 is 15.5 Å². The van der Waals surface area contributed by atoms with E-state index in [0.29, 0.717) is 23.7 Å². The standard InChI is InChI=1S/C38H57NO4/c1-24(2)12-11-20-38(8,43)28-17-22-36(6)27(28)15-16-30-35(5)21-19-31(34(3,4)29(35)18-23-37(30,36)7)39-32(40)25-13-9-10-14-26(25)33(41)42/h9-10,12-14,27-31,43H,11,15-23H2,1-8H3,(H,39,40)(H,41,42)/t27-,28+,29+,30-,31?,35+,36-,37-,38+/m1/s1. The molecule has 4 aliphatic carbocycles. The van der Waals surface area contributed by atoms with Crippen LogP contribution in [-0.2, 0) is 0 Å². The lowest BCUT2D eigenvalue weighted by Gasteiger charge is -2.70. The Hall–Kier alpha value is -2.14. The monoisotopic (exact) mass is 591 g/mol. The number of hydrogen-bond acceptors (Lipinski definition) is 3. The molecule has 5 heteroatoms. The summed E-state index contributed by atoms with van der Waals surface area (Å²) in [7, 11) is 0. The lowest BCUT2D eigenvalue weighted by Crippen LogP contribution is -2.65. The molecular formula is C38H57NO4. The second kappa shape index (κ2) is 11.0. The minimum absolute atomic E-state index is 0.00275. The first-order valence-electron chi connectivity index (χ1n) is 17.0. The SMILES string of the molecule is CC(C)=CCC[C@](C)(O)[C@H]1CC[C@]2(C)[C@@H]1CC[C@@H]1[C@@]3(C)CCC(NC(=O)c4ccccc4C(=O)O)C(C)(C)[C@@H]3CC[C@]12C. The normalized spacial score (nSPS) is 39.4. The predicted molar refractivity (Wildman–Crippen MR) is 173 cm³/mol. The number of aliphatic hydroxyl groups is 1. The summed E-state index contributed by atoms with van der Waals surface area (Å²) in [6, 6.07) is 6.54. The number of aromatic carboxylic acids is 1. The number of hydrogen-bond donors (Lipinski definition) is 3. The van der Waals surface area contributed by atoms with E-state index in [9.17, 15) is 19.8 Å². The first-order chi connectivity index (χ1) is 20.0. The number of benzene rings is 1. The summed E-state index contributed by atoms with van der Waals surface area (Å²) in [5.41, 5.74) is 1.55. The summed E-state index contributed by atoms with van der Waals surface area (Å²) in [6.45, 7) is 18.8. The highest BCUT2D eigenvalue weighted by Gasteiger charge is 2.69. The highest BCUT2D eigenvalue weighted by Crippen LogP contribution is 2.75. The molecule has 5 rings (SSSR count). The third kappa shape index (κ3) is 5.10. The smallest absolute Gasteiger partial charge is 0.336 e. The fourth-order valence-corrected chi connectivity index (χ4v) is 11.7. The number of carbonyl (C=O) groups excluding carboxylic acids is 1. The van der Waals surface area contributed by atoms with Crippen LogP contribution in [0.1, 0.15) is 140 Å². The fourth-order valence-electron chi connectivity index (χ4n) is 11.7. The average molecular weight is 592 g/mol. The molecule has 4 fully saturated rings. The predicted octanol–water partition coefficient (Wildman–Crippen LogP) is 8.67. The topological polar surface area (TPSA) is 86.6 Å². The number of carboxylic acids is 1. The van der Waals surface area contributed by atoms with Crippen molar-refractivity contribution in [1.29, 1.82) is 0 Å². The van der Waals surface area contributed by atoms with E-state index < -0.39 is 11.6 Å². The molecule has 1 amide bonds. The van der Waals surface area contributed by atoms with E-state index >= 15 is 0 Å².